The van der Waals surface area contributed by atoms with Crippen LogP contribution in [0.5, 0.6) is 0 Å². The summed E-state index contributed by atoms with van der Waals surface area (Å²) in [4.78, 5) is 0.327. The molecule has 0 aromatic heterocycles. The van der Waals surface area contributed by atoms with Gasteiger partial charge in [-0.25, -0.2) is 8.42 Å². The zero-order valence-corrected chi connectivity index (χ0v) is 14.9. The molecule has 2 rings (SSSR count). The molecule has 0 saturated heterocycles. The summed E-state index contributed by atoms with van der Waals surface area (Å²) in [6.07, 6.45) is 4.02. The van der Waals surface area contributed by atoms with Gasteiger partial charge in [-0.05, 0) is 31.0 Å². The first-order valence-electron chi connectivity index (χ1n) is 6.40. The van der Waals surface area contributed by atoms with Crippen LogP contribution >= 0.6 is 39.1 Å². The second-order valence-corrected chi connectivity index (χ2v) is 9.04. The Labute approximate surface area is 138 Å². The Kier molecular flexibility index (Phi) is 5.40. The number of halogens is 3. The third-order valence-electron chi connectivity index (χ3n) is 3.63. The molecule has 0 N–H and O–H groups in total. The highest BCUT2D eigenvalue weighted by Crippen LogP contribution is 2.32. The standard InChI is InChI=1S/C13H16BrCl2NO2S/c1-17(13-5-3-2-4-12(13)14)20(18,19)11-7-9(15)6-10(16)8-11/h6-8,12-13H,2-5H2,1H3. The van der Waals surface area contributed by atoms with Crippen molar-refractivity contribution in [2.45, 2.75) is 41.4 Å². The van der Waals surface area contributed by atoms with Crippen molar-refractivity contribution in [3.63, 3.8) is 0 Å². The van der Waals surface area contributed by atoms with E-state index in [2.05, 4.69) is 15.9 Å². The zero-order chi connectivity index (χ0) is 14.9. The van der Waals surface area contributed by atoms with Crippen molar-refractivity contribution < 1.29 is 8.42 Å². The number of alkyl halides is 1. The first-order valence-corrected chi connectivity index (χ1v) is 9.52. The minimum atomic E-state index is -3.58. The maximum Gasteiger partial charge on any atom is 0.243 e. The molecule has 0 heterocycles. The lowest BCUT2D eigenvalue weighted by Gasteiger charge is -2.34. The first-order chi connectivity index (χ1) is 9.32. The highest BCUT2D eigenvalue weighted by atomic mass is 79.9. The minimum Gasteiger partial charge on any atom is -0.207 e. The number of hydrogen-bond donors (Lipinski definition) is 0. The van der Waals surface area contributed by atoms with Crippen LogP contribution in [-0.2, 0) is 10.0 Å². The van der Waals surface area contributed by atoms with Gasteiger partial charge in [-0.2, -0.15) is 4.31 Å². The largest absolute Gasteiger partial charge is 0.243 e. The highest BCUT2D eigenvalue weighted by Gasteiger charge is 2.34. The third kappa shape index (κ3) is 3.50. The van der Waals surface area contributed by atoms with Gasteiger partial charge < -0.3 is 0 Å². The molecule has 112 valence electrons. The Morgan fingerprint density at radius 1 is 1.15 bits per heavy atom. The van der Waals surface area contributed by atoms with E-state index in [1.165, 1.54) is 22.5 Å². The molecule has 7 heteroatoms. The summed E-state index contributed by atoms with van der Waals surface area (Å²) >= 11 is 15.4. The Balaban J connectivity index is 2.33. The average molecular weight is 401 g/mol. The summed E-state index contributed by atoms with van der Waals surface area (Å²) in [6, 6.07) is 4.36. The SMILES string of the molecule is CN(C1CCCCC1Br)S(=O)(=O)c1cc(Cl)cc(Cl)c1. The second kappa shape index (κ2) is 6.53. The van der Waals surface area contributed by atoms with E-state index in [-0.39, 0.29) is 15.8 Å². The van der Waals surface area contributed by atoms with Crippen LogP contribution in [-0.4, -0.2) is 30.6 Å². The molecule has 1 aliphatic rings. The highest BCUT2D eigenvalue weighted by molar-refractivity contribution is 9.09. The molecule has 1 aromatic rings. The molecule has 1 aromatic carbocycles. The van der Waals surface area contributed by atoms with Crippen LogP contribution in [0.15, 0.2) is 23.1 Å². The molecule has 3 nitrogen and oxygen atoms in total. The van der Waals surface area contributed by atoms with E-state index in [0.29, 0.717) is 10.0 Å². The van der Waals surface area contributed by atoms with Gasteiger partial charge in [0, 0.05) is 28.0 Å². The molecule has 0 amide bonds. The lowest BCUT2D eigenvalue weighted by molar-refractivity contribution is 0.297. The fourth-order valence-electron chi connectivity index (χ4n) is 2.50. The van der Waals surface area contributed by atoms with E-state index in [4.69, 9.17) is 23.2 Å². The lowest BCUT2D eigenvalue weighted by Crippen LogP contribution is -2.43. The Hall–Kier alpha value is 0.190. The van der Waals surface area contributed by atoms with Crippen LogP contribution in [0.1, 0.15) is 25.7 Å². The molecule has 1 saturated carbocycles. The van der Waals surface area contributed by atoms with Crippen LogP contribution in [0.25, 0.3) is 0 Å². The summed E-state index contributed by atoms with van der Waals surface area (Å²) in [6.45, 7) is 0. The first kappa shape index (κ1) is 16.6. The number of benzene rings is 1. The molecule has 0 aliphatic heterocycles. The van der Waals surface area contributed by atoms with E-state index < -0.39 is 10.0 Å². The van der Waals surface area contributed by atoms with Crippen LogP contribution in [0.4, 0.5) is 0 Å². The number of rotatable bonds is 3. The Morgan fingerprint density at radius 3 is 2.25 bits per heavy atom. The molecular formula is C13H16BrCl2NO2S. The zero-order valence-electron chi connectivity index (χ0n) is 11.0. The molecule has 0 bridgehead atoms. The number of nitrogens with zero attached hydrogens (tertiary/aromatic N) is 1. The summed E-state index contributed by atoms with van der Waals surface area (Å²) in [5, 5.41) is 0.645. The lowest BCUT2D eigenvalue weighted by atomic mass is 9.96. The molecule has 0 spiro atoms. The Bertz CT molecular complexity index is 574. The number of hydrogen-bond acceptors (Lipinski definition) is 2. The van der Waals surface area contributed by atoms with Gasteiger partial charge in [0.2, 0.25) is 10.0 Å². The summed E-state index contributed by atoms with van der Waals surface area (Å²) in [5.74, 6) is 0. The van der Waals surface area contributed by atoms with Crippen molar-refractivity contribution >= 4 is 49.2 Å². The van der Waals surface area contributed by atoms with E-state index in [1.807, 2.05) is 0 Å². The van der Waals surface area contributed by atoms with Crippen molar-refractivity contribution in [1.29, 1.82) is 0 Å². The van der Waals surface area contributed by atoms with Crippen LogP contribution in [0.2, 0.25) is 10.0 Å². The summed E-state index contributed by atoms with van der Waals surface area (Å²) < 4.78 is 26.8. The summed E-state index contributed by atoms with van der Waals surface area (Å²) in [7, 11) is -1.96. The molecular weight excluding hydrogens is 385 g/mol. The molecule has 0 radical (unpaired) electrons. The fraction of sp³-hybridized carbons (Fsp3) is 0.538. The maximum absolute atomic E-state index is 12.7. The van der Waals surface area contributed by atoms with Gasteiger partial charge in [0.25, 0.3) is 0 Å². The molecule has 20 heavy (non-hydrogen) atoms. The van der Waals surface area contributed by atoms with Gasteiger partial charge in [-0.3, -0.25) is 0 Å². The van der Waals surface area contributed by atoms with Gasteiger partial charge in [0.05, 0.1) is 4.90 Å². The van der Waals surface area contributed by atoms with Gasteiger partial charge >= 0.3 is 0 Å². The van der Waals surface area contributed by atoms with Crippen molar-refractivity contribution in [2.75, 3.05) is 7.05 Å². The average Bonchev–Trinajstić information content (AvgIpc) is 2.37. The second-order valence-electron chi connectivity index (χ2n) is 4.99. The third-order valence-corrected chi connectivity index (χ3v) is 6.99. The van der Waals surface area contributed by atoms with Crippen LogP contribution in [0.3, 0.4) is 0 Å². The van der Waals surface area contributed by atoms with Gasteiger partial charge in [-0.15, -0.1) is 0 Å². The maximum atomic E-state index is 12.7. The fourth-order valence-corrected chi connectivity index (χ4v) is 5.75. The molecule has 2 unspecified atom stereocenters. The topological polar surface area (TPSA) is 37.4 Å². The van der Waals surface area contributed by atoms with E-state index in [0.717, 1.165) is 25.7 Å². The smallest absolute Gasteiger partial charge is 0.207 e. The van der Waals surface area contributed by atoms with Crippen molar-refractivity contribution in [1.82, 2.24) is 4.31 Å². The monoisotopic (exact) mass is 399 g/mol. The Morgan fingerprint density at radius 2 is 1.70 bits per heavy atom. The quantitative estimate of drug-likeness (QED) is 0.708. The van der Waals surface area contributed by atoms with Crippen LogP contribution < -0.4 is 0 Å². The molecule has 2 atom stereocenters. The predicted molar refractivity (Wildman–Crippen MR) is 86.4 cm³/mol. The van der Waals surface area contributed by atoms with Gasteiger partial charge in [0.1, 0.15) is 0 Å². The molecule has 1 fully saturated rings. The van der Waals surface area contributed by atoms with E-state index in [9.17, 15) is 8.42 Å². The predicted octanol–water partition coefficient (Wildman–Crippen LogP) is 4.32. The minimum absolute atomic E-state index is 0.0356. The van der Waals surface area contributed by atoms with Gasteiger partial charge in [0.15, 0.2) is 0 Å². The summed E-state index contributed by atoms with van der Waals surface area (Å²) in [5.41, 5.74) is 0. The van der Waals surface area contributed by atoms with Crippen LogP contribution in [0, 0.1) is 0 Å². The van der Waals surface area contributed by atoms with Crippen molar-refractivity contribution in [3.8, 4) is 0 Å². The van der Waals surface area contributed by atoms with Gasteiger partial charge in [-0.1, -0.05) is 52.0 Å². The van der Waals surface area contributed by atoms with E-state index in [1.54, 1.807) is 7.05 Å². The molecule has 1 aliphatic carbocycles. The normalized spacial score (nSPS) is 24.1. The van der Waals surface area contributed by atoms with Crippen molar-refractivity contribution in [3.05, 3.63) is 28.2 Å². The number of sulfonamides is 1. The van der Waals surface area contributed by atoms with Crippen molar-refractivity contribution in [2.24, 2.45) is 0 Å². The van der Waals surface area contributed by atoms with E-state index >= 15 is 0 Å².